The molecule has 27 heavy (non-hydrogen) atoms. The Morgan fingerprint density at radius 3 is 2.41 bits per heavy atom. The van der Waals surface area contributed by atoms with Gasteiger partial charge in [-0.05, 0) is 74.0 Å². The summed E-state index contributed by atoms with van der Waals surface area (Å²) in [6, 6.07) is 10.9. The Labute approximate surface area is 160 Å². The third-order valence-electron chi connectivity index (χ3n) is 6.12. The fourth-order valence-electron chi connectivity index (χ4n) is 4.53. The van der Waals surface area contributed by atoms with Gasteiger partial charge >= 0.3 is 0 Å². The predicted molar refractivity (Wildman–Crippen MR) is 105 cm³/mol. The number of likely N-dealkylation sites (N-methyl/N-ethyl adjacent to an activating group) is 1. The predicted octanol–water partition coefficient (Wildman–Crippen LogP) is 3.68. The molecule has 1 saturated heterocycles. The van der Waals surface area contributed by atoms with Crippen LogP contribution in [0.4, 0.5) is 10.1 Å². The third kappa shape index (κ3) is 3.15. The fraction of sp³-hybridized carbons (Fsp3) is 0.429. The van der Waals surface area contributed by atoms with Gasteiger partial charge in [0, 0.05) is 31.2 Å². The number of fused-ring (bicyclic) bond motifs is 3. The van der Waals surface area contributed by atoms with Crippen molar-refractivity contribution in [3.8, 4) is 0 Å². The highest BCUT2D eigenvalue weighted by molar-refractivity contribution is 7.91. The molecule has 4 rings (SSSR count). The number of benzene rings is 2. The number of rotatable bonds is 3. The van der Waals surface area contributed by atoms with Gasteiger partial charge < -0.3 is 9.80 Å². The topological polar surface area (TPSA) is 40.6 Å². The Hall–Kier alpha value is -1.92. The van der Waals surface area contributed by atoms with Crippen LogP contribution in [0.1, 0.15) is 31.2 Å². The highest BCUT2D eigenvalue weighted by Gasteiger charge is 2.38. The Bertz CT molecular complexity index is 943. The molecule has 0 bridgehead atoms. The molecule has 0 saturated carbocycles. The smallest absolute Gasteiger partial charge is 0.206 e. The van der Waals surface area contributed by atoms with Crippen LogP contribution < -0.4 is 4.90 Å². The summed E-state index contributed by atoms with van der Waals surface area (Å²) in [6.07, 6.45) is 2.12. The highest BCUT2D eigenvalue weighted by atomic mass is 32.2. The number of hydrogen-bond acceptors (Lipinski definition) is 4. The molecule has 1 fully saturated rings. The van der Waals surface area contributed by atoms with Gasteiger partial charge in [0.25, 0.3) is 0 Å². The van der Waals surface area contributed by atoms with Crippen molar-refractivity contribution >= 4 is 15.5 Å². The lowest BCUT2D eigenvalue weighted by Crippen LogP contribution is -2.31. The van der Waals surface area contributed by atoms with Crippen molar-refractivity contribution in [3.63, 3.8) is 0 Å². The molecule has 1 unspecified atom stereocenters. The van der Waals surface area contributed by atoms with E-state index in [-0.39, 0.29) is 4.90 Å². The molecule has 144 valence electrons. The lowest BCUT2D eigenvalue weighted by atomic mass is 9.91. The molecule has 2 aliphatic heterocycles. The van der Waals surface area contributed by atoms with Crippen LogP contribution in [0.3, 0.4) is 0 Å². The zero-order valence-corrected chi connectivity index (χ0v) is 16.5. The standard InChI is InChI=1S/C21H25FN2O2S/c1-3-24-12-10-18-19-14-17(8-9-20(19)23(2)21(18)11-13-24)27(25,26)16-6-4-15(22)5-7-16/h4-9,14,18,21H,3,10-13H2,1-2H3/t18-,21?/m1/s1. The minimum atomic E-state index is -3.65. The molecule has 2 atom stereocenters. The average Bonchev–Trinajstić information content (AvgIpc) is 2.82. The normalized spacial score (nSPS) is 23.0. The summed E-state index contributed by atoms with van der Waals surface area (Å²) < 4.78 is 39.2. The maximum Gasteiger partial charge on any atom is 0.206 e. The van der Waals surface area contributed by atoms with Gasteiger partial charge in [-0.2, -0.15) is 0 Å². The van der Waals surface area contributed by atoms with Gasteiger partial charge in [0.05, 0.1) is 9.79 Å². The summed E-state index contributed by atoms with van der Waals surface area (Å²) in [5.74, 6) is -0.0868. The molecule has 2 aliphatic rings. The van der Waals surface area contributed by atoms with E-state index in [1.165, 1.54) is 24.3 Å². The highest BCUT2D eigenvalue weighted by Crippen LogP contribution is 2.45. The maximum atomic E-state index is 13.2. The van der Waals surface area contributed by atoms with E-state index in [4.69, 9.17) is 0 Å². The van der Waals surface area contributed by atoms with E-state index < -0.39 is 15.7 Å². The molecule has 0 N–H and O–H groups in total. The molecule has 0 amide bonds. The molecule has 2 aromatic rings. The second-order valence-corrected chi connectivity index (χ2v) is 9.42. The Morgan fingerprint density at radius 1 is 1.04 bits per heavy atom. The average molecular weight is 389 g/mol. The number of nitrogens with zero attached hydrogens (tertiary/aromatic N) is 2. The van der Waals surface area contributed by atoms with Crippen molar-refractivity contribution in [2.24, 2.45) is 0 Å². The van der Waals surface area contributed by atoms with E-state index in [0.29, 0.717) is 16.9 Å². The number of halogens is 1. The van der Waals surface area contributed by atoms with Gasteiger partial charge in [0.2, 0.25) is 9.84 Å². The number of anilines is 1. The molecule has 0 spiro atoms. The minimum absolute atomic E-state index is 0.129. The molecule has 0 radical (unpaired) electrons. The molecule has 2 heterocycles. The first-order valence-electron chi connectivity index (χ1n) is 9.51. The minimum Gasteiger partial charge on any atom is -0.371 e. The summed E-state index contributed by atoms with van der Waals surface area (Å²) in [4.78, 5) is 5.20. The first-order valence-corrected chi connectivity index (χ1v) is 11.0. The lowest BCUT2D eigenvalue weighted by molar-refractivity contribution is 0.298. The van der Waals surface area contributed by atoms with Crippen molar-refractivity contribution in [1.29, 1.82) is 0 Å². The van der Waals surface area contributed by atoms with E-state index in [9.17, 15) is 12.8 Å². The van der Waals surface area contributed by atoms with Crippen molar-refractivity contribution in [3.05, 3.63) is 53.8 Å². The van der Waals surface area contributed by atoms with Gasteiger partial charge in [-0.3, -0.25) is 0 Å². The van der Waals surface area contributed by atoms with Crippen molar-refractivity contribution in [2.75, 3.05) is 31.6 Å². The zero-order valence-electron chi connectivity index (χ0n) is 15.7. The van der Waals surface area contributed by atoms with Gasteiger partial charge in [-0.15, -0.1) is 0 Å². The summed E-state index contributed by atoms with van der Waals surface area (Å²) in [5.41, 5.74) is 2.26. The number of likely N-dealkylation sites (tertiary alicyclic amines) is 1. The zero-order chi connectivity index (χ0) is 19.2. The molecule has 2 aromatic carbocycles. The van der Waals surface area contributed by atoms with E-state index in [1.807, 2.05) is 12.1 Å². The first-order chi connectivity index (χ1) is 12.9. The van der Waals surface area contributed by atoms with Crippen LogP contribution in [0.2, 0.25) is 0 Å². The number of sulfone groups is 1. The fourth-order valence-corrected chi connectivity index (χ4v) is 5.83. The first kappa shape index (κ1) is 18.4. The Balaban J connectivity index is 1.72. The van der Waals surface area contributed by atoms with E-state index in [2.05, 4.69) is 23.8 Å². The van der Waals surface area contributed by atoms with E-state index in [0.717, 1.165) is 43.7 Å². The SMILES string of the molecule is CCN1CCC2[C@H](CC1)c1cc(S(=O)(=O)c3ccc(F)cc3)ccc1N2C. The lowest BCUT2D eigenvalue weighted by Gasteiger charge is -2.25. The summed E-state index contributed by atoms with van der Waals surface area (Å²) in [5, 5.41) is 0. The van der Waals surface area contributed by atoms with Crippen LogP contribution in [0.15, 0.2) is 52.3 Å². The third-order valence-corrected chi connectivity index (χ3v) is 7.89. The Morgan fingerprint density at radius 2 is 1.70 bits per heavy atom. The summed E-state index contributed by atoms with van der Waals surface area (Å²) in [6.45, 7) is 5.36. The summed E-state index contributed by atoms with van der Waals surface area (Å²) >= 11 is 0. The van der Waals surface area contributed by atoms with Crippen LogP contribution in [0, 0.1) is 5.82 Å². The van der Waals surface area contributed by atoms with Gasteiger partial charge in [-0.1, -0.05) is 6.92 Å². The van der Waals surface area contributed by atoms with Crippen LogP contribution in [-0.2, 0) is 9.84 Å². The maximum absolute atomic E-state index is 13.2. The van der Waals surface area contributed by atoms with Crippen molar-refractivity contribution < 1.29 is 12.8 Å². The summed E-state index contributed by atoms with van der Waals surface area (Å²) in [7, 11) is -1.54. The van der Waals surface area contributed by atoms with Crippen LogP contribution >= 0.6 is 0 Å². The van der Waals surface area contributed by atoms with Gasteiger partial charge in [-0.25, -0.2) is 12.8 Å². The van der Waals surface area contributed by atoms with Crippen molar-refractivity contribution in [2.45, 2.75) is 41.5 Å². The van der Waals surface area contributed by atoms with Crippen LogP contribution in [0.5, 0.6) is 0 Å². The molecule has 4 nitrogen and oxygen atoms in total. The quantitative estimate of drug-likeness (QED) is 0.752. The van der Waals surface area contributed by atoms with Gasteiger partial charge in [0.15, 0.2) is 0 Å². The second-order valence-electron chi connectivity index (χ2n) is 7.47. The van der Waals surface area contributed by atoms with Gasteiger partial charge in [0.1, 0.15) is 5.82 Å². The van der Waals surface area contributed by atoms with Crippen molar-refractivity contribution in [1.82, 2.24) is 4.90 Å². The largest absolute Gasteiger partial charge is 0.371 e. The van der Waals surface area contributed by atoms with E-state index >= 15 is 0 Å². The molecular formula is C21H25FN2O2S. The monoisotopic (exact) mass is 388 g/mol. The molecule has 6 heteroatoms. The molecule has 0 aliphatic carbocycles. The number of hydrogen-bond donors (Lipinski definition) is 0. The second kappa shape index (κ2) is 6.91. The van der Waals surface area contributed by atoms with E-state index in [1.54, 1.807) is 6.07 Å². The van der Waals surface area contributed by atoms with Crippen LogP contribution in [-0.4, -0.2) is 46.0 Å². The van der Waals surface area contributed by atoms with Crippen LogP contribution in [0.25, 0.3) is 0 Å². The molecule has 0 aromatic heterocycles. The molecular weight excluding hydrogens is 363 g/mol. The Kier molecular flexibility index (Phi) is 4.72.